The van der Waals surface area contributed by atoms with Crippen LogP contribution in [0.3, 0.4) is 0 Å². The molecule has 0 saturated carbocycles. The minimum absolute atomic E-state index is 0.161. The van der Waals surface area contributed by atoms with Gasteiger partial charge in [-0.2, -0.15) is 0 Å². The van der Waals surface area contributed by atoms with Crippen LogP contribution in [0.5, 0.6) is 0 Å². The number of rotatable bonds is 7. The highest BCUT2D eigenvalue weighted by Gasteiger charge is 2.35. The van der Waals surface area contributed by atoms with Crippen molar-refractivity contribution in [3.05, 3.63) is 58.7 Å². The number of carbonyl (C=O) groups excluding carboxylic acids is 3. The fourth-order valence-electron chi connectivity index (χ4n) is 4.69. The molecule has 4 rings (SSSR count). The van der Waals surface area contributed by atoms with Crippen molar-refractivity contribution in [3.63, 3.8) is 0 Å². The number of aromatic nitrogens is 1. The molecule has 0 bridgehead atoms. The zero-order valence-electron chi connectivity index (χ0n) is 19.5. The van der Waals surface area contributed by atoms with Gasteiger partial charge in [-0.3, -0.25) is 14.4 Å². The average molecular weight is 472 g/mol. The van der Waals surface area contributed by atoms with Gasteiger partial charge in [0.25, 0.3) is 11.8 Å². The Morgan fingerprint density at radius 1 is 1.24 bits per heavy atom. The Morgan fingerprint density at radius 3 is 2.74 bits per heavy atom. The van der Waals surface area contributed by atoms with Crippen LogP contribution in [0.4, 0.5) is 4.39 Å². The fraction of sp³-hybridized carbons (Fsp3) is 0.480. The van der Waals surface area contributed by atoms with Crippen molar-refractivity contribution in [2.75, 3.05) is 19.8 Å². The number of ether oxygens (including phenoxy) is 2. The number of carbonyl (C=O) groups is 3. The Balaban J connectivity index is 1.55. The van der Waals surface area contributed by atoms with Crippen LogP contribution in [0, 0.1) is 5.82 Å². The molecule has 0 radical (unpaired) electrons. The van der Waals surface area contributed by atoms with Crippen molar-refractivity contribution >= 4 is 17.8 Å². The number of halogens is 1. The second-order valence-corrected chi connectivity index (χ2v) is 8.64. The maximum atomic E-state index is 13.5. The highest BCUT2D eigenvalue weighted by Crippen LogP contribution is 2.28. The first kappa shape index (κ1) is 23.9. The van der Waals surface area contributed by atoms with Gasteiger partial charge in [0.2, 0.25) is 0 Å². The Labute approximate surface area is 198 Å². The molecule has 2 aromatic rings. The molecule has 1 aromatic heterocycles. The summed E-state index contributed by atoms with van der Waals surface area (Å²) in [6.07, 6.45) is 1.71. The Kier molecular flexibility index (Phi) is 7.31. The molecule has 1 saturated heterocycles. The van der Waals surface area contributed by atoms with Gasteiger partial charge in [-0.25, -0.2) is 4.39 Å². The summed E-state index contributed by atoms with van der Waals surface area (Å²) in [6, 6.07) is 7.04. The molecule has 2 amide bonds. The van der Waals surface area contributed by atoms with Crippen molar-refractivity contribution < 1.29 is 28.2 Å². The largest absolute Gasteiger partial charge is 0.466 e. The van der Waals surface area contributed by atoms with Crippen LogP contribution < -0.4 is 5.32 Å². The maximum Gasteiger partial charge on any atom is 0.307 e. The summed E-state index contributed by atoms with van der Waals surface area (Å²) in [4.78, 5) is 40.4. The van der Waals surface area contributed by atoms with Gasteiger partial charge in [-0.15, -0.1) is 0 Å². The molecule has 9 heteroatoms. The Bertz CT molecular complexity index is 1070. The molecule has 2 unspecified atom stereocenters. The van der Waals surface area contributed by atoms with E-state index in [0.717, 1.165) is 18.4 Å². The van der Waals surface area contributed by atoms with Gasteiger partial charge >= 0.3 is 5.97 Å². The number of nitrogens with one attached hydrogen (secondary N) is 1. The van der Waals surface area contributed by atoms with E-state index in [-0.39, 0.29) is 48.7 Å². The minimum Gasteiger partial charge on any atom is -0.466 e. The van der Waals surface area contributed by atoms with Gasteiger partial charge in [-0.1, -0.05) is 12.1 Å². The van der Waals surface area contributed by atoms with Crippen LogP contribution in [-0.4, -0.2) is 53.1 Å². The lowest BCUT2D eigenvalue weighted by Crippen LogP contribution is -2.37. The summed E-state index contributed by atoms with van der Waals surface area (Å²) in [5.74, 6) is -1.17. The van der Waals surface area contributed by atoms with E-state index in [1.165, 1.54) is 12.1 Å². The summed E-state index contributed by atoms with van der Waals surface area (Å²) in [5, 5.41) is 2.94. The molecule has 1 N–H and O–H groups in total. The fourth-order valence-corrected chi connectivity index (χ4v) is 4.69. The number of nitrogens with zero attached hydrogens (tertiary/aromatic N) is 2. The average Bonchev–Trinajstić information content (AvgIpc) is 3.44. The third-order valence-corrected chi connectivity index (χ3v) is 6.43. The lowest BCUT2D eigenvalue weighted by atomic mass is 10.1. The first-order chi connectivity index (χ1) is 16.4. The first-order valence-corrected chi connectivity index (χ1v) is 11.7. The van der Waals surface area contributed by atoms with E-state index < -0.39 is 0 Å². The molecule has 0 spiro atoms. The monoisotopic (exact) mass is 471 g/mol. The molecule has 1 aromatic carbocycles. The number of hydrogen-bond acceptors (Lipinski definition) is 5. The number of benzene rings is 1. The van der Waals surface area contributed by atoms with Crippen LogP contribution >= 0.6 is 0 Å². The molecule has 182 valence electrons. The zero-order valence-corrected chi connectivity index (χ0v) is 19.5. The second kappa shape index (κ2) is 10.4. The summed E-state index contributed by atoms with van der Waals surface area (Å²) < 4.78 is 25.7. The van der Waals surface area contributed by atoms with E-state index in [1.54, 1.807) is 30.0 Å². The molecule has 1 fully saturated rings. The Hall–Kier alpha value is -3.20. The highest BCUT2D eigenvalue weighted by atomic mass is 19.1. The van der Waals surface area contributed by atoms with Crippen molar-refractivity contribution in [1.29, 1.82) is 0 Å². The number of esters is 1. The van der Waals surface area contributed by atoms with Gasteiger partial charge in [-0.05, 0) is 50.5 Å². The summed E-state index contributed by atoms with van der Waals surface area (Å²) >= 11 is 0. The number of fused-ring (bicyclic) bond motifs is 1. The smallest absolute Gasteiger partial charge is 0.307 e. The molecule has 2 aliphatic rings. The zero-order chi connectivity index (χ0) is 24.2. The van der Waals surface area contributed by atoms with Crippen LogP contribution in [0.15, 0.2) is 30.3 Å². The lowest BCUT2D eigenvalue weighted by Gasteiger charge is -2.25. The van der Waals surface area contributed by atoms with Crippen LogP contribution in [-0.2, 0) is 27.4 Å². The van der Waals surface area contributed by atoms with E-state index in [4.69, 9.17) is 9.47 Å². The van der Waals surface area contributed by atoms with Crippen molar-refractivity contribution in [2.45, 2.75) is 58.3 Å². The second-order valence-electron chi connectivity index (χ2n) is 8.64. The van der Waals surface area contributed by atoms with Gasteiger partial charge < -0.3 is 24.3 Å². The molecule has 2 aliphatic heterocycles. The summed E-state index contributed by atoms with van der Waals surface area (Å²) in [5.41, 5.74) is 2.25. The topological polar surface area (TPSA) is 89.9 Å². The van der Waals surface area contributed by atoms with Crippen LogP contribution in [0.25, 0.3) is 0 Å². The van der Waals surface area contributed by atoms with Gasteiger partial charge in [0.15, 0.2) is 0 Å². The Morgan fingerprint density at radius 2 is 2.00 bits per heavy atom. The van der Waals surface area contributed by atoms with Gasteiger partial charge in [0.1, 0.15) is 11.5 Å². The molecule has 3 heterocycles. The number of hydrogen-bond donors (Lipinski definition) is 1. The molecule has 0 aliphatic carbocycles. The molecule has 34 heavy (non-hydrogen) atoms. The molecule has 2 atom stereocenters. The van der Waals surface area contributed by atoms with Crippen molar-refractivity contribution in [3.8, 4) is 0 Å². The summed E-state index contributed by atoms with van der Waals surface area (Å²) in [7, 11) is 0. The van der Waals surface area contributed by atoms with E-state index >= 15 is 0 Å². The van der Waals surface area contributed by atoms with Gasteiger partial charge in [0, 0.05) is 19.1 Å². The minimum atomic E-state index is -0.342. The van der Waals surface area contributed by atoms with Crippen LogP contribution in [0.1, 0.15) is 71.3 Å². The SMILES string of the molecule is CCOC(=O)CC1CCCN1C(=O)c1cc(C(=O)NC(C)c2ccc(F)cc2)n2c1COCC2. The predicted octanol–water partition coefficient (Wildman–Crippen LogP) is 3.21. The first-order valence-electron chi connectivity index (χ1n) is 11.7. The normalized spacial score (nSPS) is 18.3. The quantitative estimate of drug-likeness (QED) is 0.627. The number of amides is 2. The maximum absolute atomic E-state index is 13.5. The number of likely N-dealkylation sites (tertiary alicyclic amines) is 1. The highest BCUT2D eigenvalue weighted by molar-refractivity contribution is 6.01. The van der Waals surface area contributed by atoms with E-state index in [0.29, 0.717) is 43.3 Å². The van der Waals surface area contributed by atoms with E-state index in [9.17, 15) is 18.8 Å². The van der Waals surface area contributed by atoms with Gasteiger partial charge in [0.05, 0.1) is 43.5 Å². The third kappa shape index (κ3) is 4.99. The van der Waals surface area contributed by atoms with E-state index in [1.807, 2.05) is 11.5 Å². The van der Waals surface area contributed by atoms with E-state index in [2.05, 4.69) is 5.32 Å². The predicted molar refractivity (Wildman–Crippen MR) is 122 cm³/mol. The summed E-state index contributed by atoms with van der Waals surface area (Å²) in [6.45, 7) is 5.58. The molecule has 8 nitrogen and oxygen atoms in total. The van der Waals surface area contributed by atoms with Crippen molar-refractivity contribution in [1.82, 2.24) is 14.8 Å². The van der Waals surface area contributed by atoms with Crippen LogP contribution in [0.2, 0.25) is 0 Å². The molecular formula is C25H30FN3O5. The lowest BCUT2D eigenvalue weighted by molar-refractivity contribution is -0.144. The molecular weight excluding hydrogens is 441 g/mol. The third-order valence-electron chi connectivity index (χ3n) is 6.43. The standard InChI is InChI=1S/C25H30FN3O5/c1-3-34-23(30)13-19-5-4-10-28(19)25(32)20-14-21(29-11-12-33-15-22(20)29)24(31)27-16(2)17-6-8-18(26)9-7-17/h6-9,14,16,19H,3-5,10-13,15H2,1-2H3,(H,27,31). The van der Waals surface area contributed by atoms with Crippen molar-refractivity contribution in [2.24, 2.45) is 0 Å².